The highest BCUT2D eigenvalue weighted by molar-refractivity contribution is 6.01. The molecule has 1 atom stereocenters. The fourth-order valence-electron chi connectivity index (χ4n) is 3.66. The van der Waals surface area contributed by atoms with Crippen LogP contribution in [-0.4, -0.2) is 62.5 Å². The molecule has 1 aromatic heterocycles. The molecular formula is C18H17F8N5O3. The van der Waals surface area contributed by atoms with E-state index in [-0.39, 0.29) is 11.4 Å². The molecule has 0 bridgehead atoms. The molecule has 0 saturated carbocycles. The zero-order chi connectivity index (χ0) is 25.6. The number of imide groups is 1. The molecule has 34 heavy (non-hydrogen) atoms. The highest BCUT2D eigenvalue weighted by Gasteiger charge is 2.49. The number of hydrogen-bond donors (Lipinski definition) is 1. The van der Waals surface area contributed by atoms with Crippen molar-refractivity contribution in [1.29, 1.82) is 0 Å². The summed E-state index contributed by atoms with van der Waals surface area (Å²) in [6.45, 7) is -1.73. The number of aromatic nitrogens is 2. The van der Waals surface area contributed by atoms with E-state index in [1.165, 1.54) is 0 Å². The molecule has 1 fully saturated rings. The van der Waals surface area contributed by atoms with Gasteiger partial charge in [0, 0.05) is 44.0 Å². The summed E-state index contributed by atoms with van der Waals surface area (Å²) in [5, 5.41) is 0. The van der Waals surface area contributed by atoms with E-state index < -0.39 is 104 Å². The van der Waals surface area contributed by atoms with Gasteiger partial charge < -0.3 is 10.6 Å². The van der Waals surface area contributed by atoms with E-state index >= 15 is 0 Å². The van der Waals surface area contributed by atoms with E-state index in [1.807, 2.05) is 0 Å². The molecule has 1 saturated heterocycles. The first-order chi connectivity index (χ1) is 15.5. The summed E-state index contributed by atoms with van der Waals surface area (Å²) < 4.78 is 106. The van der Waals surface area contributed by atoms with E-state index in [9.17, 15) is 49.5 Å². The summed E-state index contributed by atoms with van der Waals surface area (Å²) in [6, 6.07) is -1.29. The van der Waals surface area contributed by atoms with Crippen LogP contribution in [0.3, 0.4) is 0 Å². The van der Waals surface area contributed by atoms with E-state index in [4.69, 9.17) is 5.73 Å². The molecule has 16 heteroatoms. The monoisotopic (exact) mass is 503 g/mol. The molecule has 0 aliphatic carbocycles. The lowest BCUT2D eigenvalue weighted by molar-refractivity contribution is -0.172. The van der Waals surface area contributed by atoms with Crippen LogP contribution in [0, 0.1) is 0 Å². The molecule has 188 valence electrons. The van der Waals surface area contributed by atoms with Gasteiger partial charge >= 0.3 is 18.3 Å². The van der Waals surface area contributed by atoms with Gasteiger partial charge in [0.1, 0.15) is 0 Å². The van der Waals surface area contributed by atoms with Crippen molar-refractivity contribution >= 4 is 17.7 Å². The maximum Gasteiger partial charge on any atom is 0.451 e. The number of carbonyl (C=O) groups is 3. The van der Waals surface area contributed by atoms with Crippen molar-refractivity contribution < 1.29 is 49.5 Å². The zero-order valence-corrected chi connectivity index (χ0v) is 17.1. The number of nitrogens with two attached hydrogens (primary N) is 1. The van der Waals surface area contributed by atoms with Crippen LogP contribution in [0.15, 0.2) is 0 Å². The van der Waals surface area contributed by atoms with Crippen LogP contribution in [0.25, 0.3) is 0 Å². The minimum Gasteiger partial charge on any atom is -0.336 e. The highest BCUT2D eigenvalue weighted by Crippen LogP contribution is 2.37. The first-order valence-corrected chi connectivity index (χ1v) is 9.81. The van der Waals surface area contributed by atoms with Gasteiger partial charge in [-0.2, -0.15) is 35.1 Å². The average Bonchev–Trinajstić information content (AvgIpc) is 2.71. The molecule has 3 amide bonds. The molecule has 2 N–H and O–H groups in total. The number of nitrogens with zero attached hydrogens (tertiary/aromatic N) is 4. The molecule has 2 aliphatic heterocycles. The van der Waals surface area contributed by atoms with Crippen molar-refractivity contribution in [3.63, 3.8) is 0 Å². The number of piperidine rings is 1. The van der Waals surface area contributed by atoms with Crippen LogP contribution in [0.1, 0.15) is 42.0 Å². The Labute approximate surface area is 186 Å². The second-order valence-corrected chi connectivity index (χ2v) is 7.86. The predicted octanol–water partition coefficient (Wildman–Crippen LogP) is 1.90. The number of carbonyl (C=O) groups excluding carboxylic acids is 3. The number of hydrogen-bond acceptors (Lipinski definition) is 6. The summed E-state index contributed by atoms with van der Waals surface area (Å²) in [6.07, 6.45) is -13.1. The molecule has 0 spiro atoms. The van der Waals surface area contributed by atoms with Gasteiger partial charge in [-0.25, -0.2) is 9.97 Å². The second-order valence-electron chi connectivity index (χ2n) is 7.86. The first-order valence-electron chi connectivity index (χ1n) is 9.81. The molecule has 8 nitrogen and oxygen atoms in total. The Morgan fingerprint density at radius 1 is 1.06 bits per heavy atom. The Kier molecular flexibility index (Phi) is 6.58. The Morgan fingerprint density at radius 3 is 2.29 bits per heavy atom. The first kappa shape index (κ1) is 25.7. The van der Waals surface area contributed by atoms with Crippen molar-refractivity contribution in [1.82, 2.24) is 19.8 Å². The smallest absolute Gasteiger partial charge is 0.336 e. The van der Waals surface area contributed by atoms with Crippen molar-refractivity contribution in [3.05, 3.63) is 22.8 Å². The van der Waals surface area contributed by atoms with E-state index in [1.54, 1.807) is 0 Å². The molecule has 0 aromatic carbocycles. The van der Waals surface area contributed by atoms with Gasteiger partial charge in [-0.15, -0.1) is 0 Å². The standard InChI is InChI=1S/C18H17F8N5O3/c19-16(20)3-1-11(32)31(15(16)34)6-8(27)5-12(33)30-4-2-9-10(7-30)28-14(18(24,25)26)29-13(9)17(21,22)23/h8H,1-7,27H2/t8-/m1/s1. The van der Waals surface area contributed by atoms with Crippen molar-refractivity contribution in [2.75, 3.05) is 13.1 Å². The summed E-state index contributed by atoms with van der Waals surface area (Å²) in [7, 11) is 0. The minimum absolute atomic E-state index is 0.241. The van der Waals surface area contributed by atoms with Crippen LogP contribution in [-0.2, 0) is 39.7 Å². The third-order valence-corrected chi connectivity index (χ3v) is 5.31. The fourth-order valence-corrected chi connectivity index (χ4v) is 3.66. The summed E-state index contributed by atoms with van der Waals surface area (Å²) in [4.78, 5) is 43.0. The zero-order valence-electron chi connectivity index (χ0n) is 17.1. The Hall–Kier alpha value is -2.91. The second kappa shape index (κ2) is 8.70. The number of likely N-dealkylation sites (tertiary alicyclic amines) is 1. The summed E-state index contributed by atoms with van der Waals surface area (Å²) in [5.41, 5.74) is 2.78. The number of rotatable bonds is 4. The third-order valence-electron chi connectivity index (χ3n) is 5.31. The van der Waals surface area contributed by atoms with Crippen LogP contribution >= 0.6 is 0 Å². The lowest BCUT2D eigenvalue weighted by atomic mass is 10.0. The van der Waals surface area contributed by atoms with E-state index in [0.717, 1.165) is 4.90 Å². The van der Waals surface area contributed by atoms with Crippen LogP contribution < -0.4 is 5.73 Å². The maximum absolute atomic E-state index is 13.6. The number of halogens is 8. The van der Waals surface area contributed by atoms with Crippen molar-refractivity contribution in [2.45, 2.75) is 56.5 Å². The van der Waals surface area contributed by atoms with Crippen molar-refractivity contribution in [2.24, 2.45) is 5.73 Å². The lowest BCUT2D eigenvalue weighted by Crippen LogP contribution is -2.55. The van der Waals surface area contributed by atoms with Gasteiger partial charge in [-0.05, 0) is 6.42 Å². The lowest BCUT2D eigenvalue weighted by Gasteiger charge is -2.33. The third kappa shape index (κ3) is 5.26. The van der Waals surface area contributed by atoms with Gasteiger partial charge in [-0.3, -0.25) is 19.3 Å². The molecule has 1 aromatic rings. The molecule has 2 aliphatic rings. The Morgan fingerprint density at radius 2 is 1.71 bits per heavy atom. The van der Waals surface area contributed by atoms with Gasteiger partial charge in [0.05, 0.1) is 12.2 Å². The maximum atomic E-state index is 13.6. The largest absolute Gasteiger partial charge is 0.451 e. The normalized spacial score (nSPS) is 19.8. The fraction of sp³-hybridized carbons (Fsp3) is 0.611. The van der Waals surface area contributed by atoms with Crippen LogP contribution in [0.4, 0.5) is 35.1 Å². The molecule has 0 unspecified atom stereocenters. The topological polar surface area (TPSA) is 109 Å². The quantitative estimate of drug-likeness (QED) is 0.497. The Bertz CT molecular complexity index is 1010. The highest BCUT2D eigenvalue weighted by atomic mass is 19.4. The number of amides is 3. The summed E-state index contributed by atoms with van der Waals surface area (Å²) >= 11 is 0. The van der Waals surface area contributed by atoms with Crippen LogP contribution in [0.2, 0.25) is 0 Å². The van der Waals surface area contributed by atoms with Crippen molar-refractivity contribution in [3.8, 4) is 0 Å². The van der Waals surface area contributed by atoms with E-state index in [2.05, 4.69) is 9.97 Å². The average molecular weight is 503 g/mol. The minimum atomic E-state index is -5.26. The molecule has 3 rings (SSSR count). The number of fused-ring (bicyclic) bond motifs is 1. The van der Waals surface area contributed by atoms with E-state index in [0.29, 0.717) is 0 Å². The molecular weight excluding hydrogens is 486 g/mol. The predicted molar refractivity (Wildman–Crippen MR) is 94.7 cm³/mol. The summed E-state index contributed by atoms with van der Waals surface area (Å²) in [5.74, 6) is -9.26. The Balaban J connectivity index is 1.74. The SMILES string of the molecule is N[C@H](CC(=O)N1CCc2c(nc(C(F)(F)F)nc2C(F)(F)F)C1)CN1C(=O)CCC(F)(F)C1=O. The van der Waals surface area contributed by atoms with Gasteiger partial charge in [-0.1, -0.05) is 0 Å². The van der Waals surface area contributed by atoms with Gasteiger partial charge in [0.25, 0.3) is 5.91 Å². The number of alkyl halides is 8. The van der Waals surface area contributed by atoms with Gasteiger partial charge in [0.2, 0.25) is 17.6 Å². The van der Waals surface area contributed by atoms with Crippen LogP contribution in [0.5, 0.6) is 0 Å². The van der Waals surface area contributed by atoms with Gasteiger partial charge in [0.15, 0.2) is 5.69 Å². The molecule has 0 radical (unpaired) electrons. The molecule has 3 heterocycles.